The summed E-state index contributed by atoms with van der Waals surface area (Å²) >= 11 is 9.72. The van der Waals surface area contributed by atoms with Crippen LogP contribution in [0.3, 0.4) is 0 Å². The van der Waals surface area contributed by atoms with E-state index in [1.54, 1.807) is 0 Å². The van der Waals surface area contributed by atoms with E-state index in [1.807, 2.05) is 0 Å². The van der Waals surface area contributed by atoms with Crippen LogP contribution in [0.15, 0.2) is 16.6 Å². The van der Waals surface area contributed by atoms with Crippen LogP contribution in [0.25, 0.3) is 0 Å². The molecule has 0 saturated heterocycles. The summed E-state index contributed by atoms with van der Waals surface area (Å²) in [5.41, 5.74) is 0. The van der Waals surface area contributed by atoms with E-state index in [0.717, 1.165) is 23.5 Å². The fourth-order valence-electron chi connectivity index (χ4n) is 1.09. The zero-order chi connectivity index (χ0) is 12.4. The molecule has 0 amide bonds. The molecule has 0 aliphatic rings. The van der Waals surface area contributed by atoms with Gasteiger partial charge in [0.05, 0.1) is 4.47 Å². The highest BCUT2D eigenvalue weighted by atomic mass is 79.9. The van der Waals surface area contributed by atoms with E-state index in [9.17, 15) is 8.78 Å². The van der Waals surface area contributed by atoms with Crippen LogP contribution in [0, 0.1) is 11.6 Å². The molecule has 0 radical (unpaired) electrons. The second-order valence-corrected chi connectivity index (χ2v) is 5.43. The fraction of sp³-hybridized carbons (Fsp3) is 0.111. The first-order valence-corrected chi connectivity index (χ1v) is 6.30. The van der Waals surface area contributed by atoms with Crippen molar-refractivity contribution in [1.82, 2.24) is 10.2 Å². The molecule has 0 atom stereocenters. The van der Waals surface area contributed by atoms with Crippen LogP contribution in [-0.2, 0) is 6.61 Å². The van der Waals surface area contributed by atoms with Crippen molar-refractivity contribution in [2.75, 3.05) is 0 Å². The lowest BCUT2D eigenvalue weighted by Crippen LogP contribution is -1.98. The van der Waals surface area contributed by atoms with Gasteiger partial charge in [0.25, 0.3) is 0 Å². The van der Waals surface area contributed by atoms with Crippen molar-refractivity contribution in [2.24, 2.45) is 0 Å². The molecule has 1 heterocycles. The van der Waals surface area contributed by atoms with E-state index < -0.39 is 11.6 Å². The molecular weight excluding hydrogens is 338 g/mol. The van der Waals surface area contributed by atoms with Gasteiger partial charge in [0.1, 0.15) is 12.4 Å². The van der Waals surface area contributed by atoms with Crippen molar-refractivity contribution >= 4 is 38.9 Å². The lowest BCUT2D eigenvalue weighted by atomic mass is 10.3. The van der Waals surface area contributed by atoms with Crippen LogP contribution in [0.1, 0.15) is 5.01 Å². The number of nitrogens with zero attached hydrogens (tertiary/aromatic N) is 2. The predicted molar refractivity (Wildman–Crippen MR) is 63.3 cm³/mol. The monoisotopic (exact) mass is 340 g/mol. The van der Waals surface area contributed by atoms with Crippen molar-refractivity contribution in [2.45, 2.75) is 6.61 Å². The van der Waals surface area contributed by atoms with E-state index in [4.69, 9.17) is 16.3 Å². The highest BCUT2D eigenvalue weighted by Crippen LogP contribution is 2.30. The Labute approximate surface area is 113 Å². The lowest BCUT2D eigenvalue weighted by Gasteiger charge is -2.07. The number of ether oxygens (including phenoxy) is 1. The normalized spacial score (nSPS) is 10.6. The van der Waals surface area contributed by atoms with Gasteiger partial charge in [0.2, 0.25) is 4.47 Å². The lowest BCUT2D eigenvalue weighted by molar-refractivity contribution is 0.285. The largest absolute Gasteiger partial charge is 0.482 e. The average molecular weight is 342 g/mol. The smallest absolute Gasteiger partial charge is 0.207 e. The van der Waals surface area contributed by atoms with Gasteiger partial charge < -0.3 is 4.74 Å². The molecule has 0 spiro atoms. The minimum Gasteiger partial charge on any atom is -0.482 e. The Balaban J connectivity index is 2.14. The van der Waals surface area contributed by atoms with E-state index in [0.29, 0.717) is 5.01 Å². The third kappa shape index (κ3) is 3.11. The first-order valence-electron chi connectivity index (χ1n) is 4.31. The number of hydrogen-bond acceptors (Lipinski definition) is 4. The predicted octanol–water partition coefficient (Wildman–Crippen LogP) is 3.81. The fourth-order valence-corrected chi connectivity index (χ4v) is 2.40. The van der Waals surface area contributed by atoms with Gasteiger partial charge in [-0.3, -0.25) is 0 Å². The molecular formula is C9H4BrClF2N2OS. The van der Waals surface area contributed by atoms with Crippen molar-refractivity contribution in [3.8, 4) is 5.75 Å². The molecule has 0 aliphatic heterocycles. The van der Waals surface area contributed by atoms with Gasteiger partial charge in [0, 0.05) is 6.07 Å². The van der Waals surface area contributed by atoms with Crippen molar-refractivity contribution in [3.63, 3.8) is 0 Å². The third-order valence-electron chi connectivity index (χ3n) is 1.75. The Bertz CT molecular complexity index is 529. The number of hydrogen-bond donors (Lipinski definition) is 0. The molecule has 1 aromatic carbocycles. The van der Waals surface area contributed by atoms with E-state index in [1.165, 1.54) is 0 Å². The van der Waals surface area contributed by atoms with Crippen LogP contribution in [0.5, 0.6) is 5.75 Å². The first-order chi connectivity index (χ1) is 8.06. The SMILES string of the molecule is Fc1cc(F)c(OCc2nnc(Cl)s2)c(Br)c1. The molecule has 17 heavy (non-hydrogen) atoms. The topological polar surface area (TPSA) is 35.0 Å². The maximum absolute atomic E-state index is 13.4. The van der Waals surface area contributed by atoms with Crippen LogP contribution in [0.4, 0.5) is 8.78 Å². The second kappa shape index (κ2) is 5.24. The van der Waals surface area contributed by atoms with E-state index in [2.05, 4.69) is 26.1 Å². The summed E-state index contributed by atoms with van der Waals surface area (Å²) in [5.74, 6) is -1.54. The zero-order valence-electron chi connectivity index (χ0n) is 8.08. The van der Waals surface area contributed by atoms with Crippen molar-refractivity contribution in [3.05, 3.63) is 37.7 Å². The van der Waals surface area contributed by atoms with Crippen molar-refractivity contribution in [1.29, 1.82) is 0 Å². The van der Waals surface area contributed by atoms with Crippen LogP contribution >= 0.6 is 38.9 Å². The van der Waals surface area contributed by atoms with Gasteiger partial charge >= 0.3 is 0 Å². The number of aromatic nitrogens is 2. The maximum Gasteiger partial charge on any atom is 0.207 e. The van der Waals surface area contributed by atoms with Gasteiger partial charge in [-0.15, -0.1) is 10.2 Å². The Hall–Kier alpha value is -0.790. The summed E-state index contributed by atoms with van der Waals surface area (Å²) in [6, 6.07) is 1.86. The number of halogens is 4. The van der Waals surface area contributed by atoms with Gasteiger partial charge in [-0.05, 0) is 33.6 Å². The van der Waals surface area contributed by atoms with Gasteiger partial charge in [-0.1, -0.05) is 11.3 Å². The van der Waals surface area contributed by atoms with Crippen LogP contribution in [-0.4, -0.2) is 10.2 Å². The average Bonchev–Trinajstić information content (AvgIpc) is 2.62. The van der Waals surface area contributed by atoms with E-state index >= 15 is 0 Å². The van der Waals surface area contributed by atoms with Gasteiger partial charge in [0.15, 0.2) is 16.6 Å². The number of rotatable bonds is 3. The van der Waals surface area contributed by atoms with Crippen molar-refractivity contribution < 1.29 is 13.5 Å². The summed E-state index contributed by atoms with van der Waals surface area (Å²) in [4.78, 5) is 0. The summed E-state index contributed by atoms with van der Waals surface area (Å²) in [7, 11) is 0. The Morgan fingerprint density at radius 3 is 2.71 bits per heavy atom. The molecule has 2 rings (SSSR count). The highest BCUT2D eigenvalue weighted by molar-refractivity contribution is 9.10. The first kappa shape index (κ1) is 12.7. The standard InChI is InChI=1S/C9H4BrClF2N2OS/c10-5-1-4(12)2-6(13)8(5)16-3-7-14-15-9(11)17-7/h1-2H,3H2. The van der Waals surface area contributed by atoms with E-state index in [-0.39, 0.29) is 21.3 Å². The summed E-state index contributed by atoms with van der Waals surface area (Å²) < 4.78 is 31.8. The van der Waals surface area contributed by atoms with Gasteiger partial charge in [-0.25, -0.2) is 8.78 Å². The molecule has 3 nitrogen and oxygen atoms in total. The molecule has 90 valence electrons. The molecule has 0 saturated carbocycles. The third-order valence-corrected chi connectivity index (χ3v) is 3.33. The Morgan fingerprint density at radius 2 is 2.12 bits per heavy atom. The van der Waals surface area contributed by atoms with Crippen LogP contribution in [0.2, 0.25) is 4.47 Å². The second-order valence-electron chi connectivity index (χ2n) is 2.94. The Morgan fingerprint density at radius 1 is 1.35 bits per heavy atom. The molecule has 8 heteroatoms. The van der Waals surface area contributed by atoms with Gasteiger partial charge in [-0.2, -0.15) is 0 Å². The number of benzene rings is 1. The molecule has 0 fully saturated rings. The Kier molecular flexibility index (Phi) is 3.90. The molecule has 1 aromatic heterocycles. The summed E-state index contributed by atoms with van der Waals surface area (Å²) in [5, 5.41) is 7.79. The molecule has 0 bridgehead atoms. The highest BCUT2D eigenvalue weighted by Gasteiger charge is 2.12. The molecule has 0 unspecified atom stereocenters. The summed E-state index contributed by atoms with van der Waals surface area (Å²) in [6.45, 7) is 0.0194. The minimum absolute atomic E-state index is 0.0194. The molecule has 2 aromatic rings. The maximum atomic E-state index is 13.4. The zero-order valence-corrected chi connectivity index (χ0v) is 11.2. The quantitative estimate of drug-likeness (QED) is 0.851. The molecule has 0 N–H and O–H groups in total. The molecule has 0 aliphatic carbocycles. The minimum atomic E-state index is -0.785. The van der Waals surface area contributed by atoms with Crippen LogP contribution < -0.4 is 4.74 Å². The summed E-state index contributed by atoms with van der Waals surface area (Å²) in [6.07, 6.45) is 0.